The summed E-state index contributed by atoms with van der Waals surface area (Å²) >= 11 is 0. The molecule has 2 aromatic rings. The van der Waals surface area contributed by atoms with Crippen LogP contribution in [0.2, 0.25) is 0 Å². The van der Waals surface area contributed by atoms with Gasteiger partial charge < -0.3 is 5.32 Å². The van der Waals surface area contributed by atoms with Crippen LogP contribution in [0.1, 0.15) is 30.9 Å². The van der Waals surface area contributed by atoms with Crippen LogP contribution in [0.3, 0.4) is 0 Å². The van der Waals surface area contributed by atoms with Crippen LogP contribution in [0.15, 0.2) is 48.5 Å². The monoisotopic (exact) mass is 367 g/mol. The van der Waals surface area contributed by atoms with Crippen LogP contribution in [0.5, 0.6) is 0 Å². The second-order valence-corrected chi connectivity index (χ2v) is 5.85. The van der Waals surface area contributed by atoms with Gasteiger partial charge in [-0.05, 0) is 41.7 Å². The third-order valence-corrected chi connectivity index (χ3v) is 3.94. The SMILES string of the molecule is CCC(NC(=O)CCc1ccc(-c2cccc(C(F)(F)F)c2)cc1)OO. The van der Waals surface area contributed by atoms with Crippen molar-refractivity contribution in [1.29, 1.82) is 0 Å². The van der Waals surface area contributed by atoms with Gasteiger partial charge in [-0.2, -0.15) is 13.2 Å². The molecule has 0 aliphatic carbocycles. The van der Waals surface area contributed by atoms with E-state index in [-0.39, 0.29) is 12.3 Å². The zero-order chi connectivity index (χ0) is 19.2. The molecule has 0 aromatic heterocycles. The maximum Gasteiger partial charge on any atom is 0.416 e. The highest BCUT2D eigenvalue weighted by atomic mass is 19.4. The van der Waals surface area contributed by atoms with E-state index in [0.717, 1.165) is 17.7 Å². The Labute approximate surface area is 149 Å². The summed E-state index contributed by atoms with van der Waals surface area (Å²) in [5.41, 5.74) is 1.35. The number of hydrogen-bond acceptors (Lipinski definition) is 3. The molecule has 0 spiro atoms. The van der Waals surface area contributed by atoms with E-state index >= 15 is 0 Å². The first kappa shape index (κ1) is 19.9. The Morgan fingerprint density at radius 3 is 2.42 bits per heavy atom. The molecule has 0 radical (unpaired) electrons. The highest BCUT2D eigenvalue weighted by molar-refractivity contribution is 5.76. The molecule has 1 amide bonds. The lowest BCUT2D eigenvalue weighted by atomic mass is 10.0. The van der Waals surface area contributed by atoms with Gasteiger partial charge in [0.1, 0.15) is 0 Å². The second-order valence-electron chi connectivity index (χ2n) is 5.85. The summed E-state index contributed by atoms with van der Waals surface area (Å²) in [5, 5.41) is 11.1. The van der Waals surface area contributed by atoms with E-state index in [1.807, 2.05) is 0 Å². The van der Waals surface area contributed by atoms with E-state index in [2.05, 4.69) is 10.2 Å². The van der Waals surface area contributed by atoms with Crippen LogP contribution in [-0.4, -0.2) is 17.4 Å². The highest BCUT2D eigenvalue weighted by Gasteiger charge is 2.30. The fourth-order valence-corrected chi connectivity index (χ4v) is 2.45. The van der Waals surface area contributed by atoms with Gasteiger partial charge in [-0.1, -0.05) is 43.3 Å². The van der Waals surface area contributed by atoms with Gasteiger partial charge in [0, 0.05) is 6.42 Å². The van der Waals surface area contributed by atoms with Crippen LogP contribution in [0, 0.1) is 0 Å². The molecule has 1 atom stereocenters. The van der Waals surface area contributed by atoms with Gasteiger partial charge in [0.2, 0.25) is 5.91 Å². The Bertz CT molecular complexity index is 726. The van der Waals surface area contributed by atoms with E-state index in [0.29, 0.717) is 24.0 Å². The number of aryl methyl sites for hydroxylation is 1. The number of amides is 1. The predicted octanol–water partition coefficient (Wildman–Crippen LogP) is 4.65. The summed E-state index contributed by atoms with van der Waals surface area (Å²) in [6, 6.07) is 12.2. The first-order valence-electron chi connectivity index (χ1n) is 8.19. The van der Waals surface area contributed by atoms with Gasteiger partial charge in [0.05, 0.1) is 5.56 Å². The van der Waals surface area contributed by atoms with Crippen LogP contribution >= 0.6 is 0 Å². The maximum absolute atomic E-state index is 12.8. The van der Waals surface area contributed by atoms with E-state index in [9.17, 15) is 18.0 Å². The fourth-order valence-electron chi connectivity index (χ4n) is 2.45. The van der Waals surface area contributed by atoms with Crippen molar-refractivity contribution in [3.05, 3.63) is 59.7 Å². The summed E-state index contributed by atoms with van der Waals surface area (Å²) in [4.78, 5) is 15.9. The Kier molecular flexibility index (Phi) is 6.76. The lowest BCUT2D eigenvalue weighted by molar-refractivity contribution is -0.284. The van der Waals surface area contributed by atoms with Crippen molar-refractivity contribution in [3.63, 3.8) is 0 Å². The molecule has 0 aliphatic heterocycles. The Hall–Kier alpha value is -2.38. The average molecular weight is 367 g/mol. The minimum atomic E-state index is -4.38. The maximum atomic E-state index is 12.8. The number of benzene rings is 2. The highest BCUT2D eigenvalue weighted by Crippen LogP contribution is 2.32. The first-order chi connectivity index (χ1) is 12.3. The van der Waals surface area contributed by atoms with E-state index < -0.39 is 18.0 Å². The molecule has 2 rings (SSSR count). The molecule has 0 saturated heterocycles. The molecule has 0 aliphatic rings. The van der Waals surface area contributed by atoms with E-state index in [4.69, 9.17) is 5.26 Å². The third-order valence-electron chi connectivity index (χ3n) is 3.94. The standard InChI is InChI=1S/C19H20F3NO3/c1-2-18(26-25)23-17(24)11-8-13-6-9-14(10-7-13)15-4-3-5-16(12-15)19(20,21)22/h3-7,9-10,12,18,25H,2,8,11H2,1H3,(H,23,24). The van der Waals surface area contributed by atoms with Gasteiger partial charge in [-0.25, -0.2) is 10.1 Å². The summed E-state index contributed by atoms with van der Waals surface area (Å²) < 4.78 is 38.4. The van der Waals surface area contributed by atoms with Crippen molar-refractivity contribution in [3.8, 4) is 11.1 Å². The number of carbonyl (C=O) groups is 1. The van der Waals surface area contributed by atoms with Crippen molar-refractivity contribution in [2.75, 3.05) is 0 Å². The van der Waals surface area contributed by atoms with Crippen molar-refractivity contribution in [1.82, 2.24) is 5.32 Å². The molecule has 4 nitrogen and oxygen atoms in total. The molecule has 1 unspecified atom stereocenters. The zero-order valence-electron chi connectivity index (χ0n) is 14.2. The second kappa shape index (κ2) is 8.82. The molecule has 7 heteroatoms. The van der Waals surface area contributed by atoms with E-state index in [1.54, 1.807) is 37.3 Å². The largest absolute Gasteiger partial charge is 0.416 e. The van der Waals surface area contributed by atoms with Gasteiger partial charge in [0.15, 0.2) is 6.23 Å². The molecule has 2 N–H and O–H groups in total. The molecule has 26 heavy (non-hydrogen) atoms. The number of rotatable bonds is 7. The van der Waals surface area contributed by atoms with Crippen LogP contribution in [-0.2, 0) is 22.3 Å². The Balaban J connectivity index is 1.99. The molecule has 0 saturated carbocycles. The van der Waals surface area contributed by atoms with Gasteiger partial charge in [0.25, 0.3) is 0 Å². The van der Waals surface area contributed by atoms with Gasteiger partial charge >= 0.3 is 6.18 Å². The smallest absolute Gasteiger partial charge is 0.328 e. The first-order valence-corrected chi connectivity index (χ1v) is 8.19. The molecule has 2 aromatic carbocycles. The Morgan fingerprint density at radius 2 is 1.85 bits per heavy atom. The van der Waals surface area contributed by atoms with Crippen LogP contribution < -0.4 is 5.32 Å². The molecule has 0 fully saturated rings. The van der Waals surface area contributed by atoms with Crippen molar-refractivity contribution < 1.29 is 28.1 Å². The lowest BCUT2D eigenvalue weighted by Crippen LogP contribution is -2.35. The summed E-state index contributed by atoms with van der Waals surface area (Å²) in [5.74, 6) is -0.257. The van der Waals surface area contributed by atoms with Crippen molar-refractivity contribution in [2.24, 2.45) is 0 Å². The number of halogens is 3. The van der Waals surface area contributed by atoms with Gasteiger partial charge in [-0.3, -0.25) is 4.79 Å². The summed E-state index contributed by atoms with van der Waals surface area (Å²) in [6.07, 6.45) is -3.99. The summed E-state index contributed by atoms with van der Waals surface area (Å²) in [7, 11) is 0. The Morgan fingerprint density at radius 1 is 1.15 bits per heavy atom. The molecule has 0 bridgehead atoms. The molecule has 0 heterocycles. The topological polar surface area (TPSA) is 58.6 Å². The lowest BCUT2D eigenvalue weighted by Gasteiger charge is -2.13. The molecular formula is C19H20F3NO3. The third kappa shape index (κ3) is 5.57. The van der Waals surface area contributed by atoms with E-state index in [1.165, 1.54) is 6.07 Å². The molecule has 140 valence electrons. The minimum absolute atomic E-state index is 0.211. The van der Waals surface area contributed by atoms with Crippen LogP contribution in [0.4, 0.5) is 13.2 Å². The quantitative estimate of drug-likeness (QED) is 0.426. The number of nitrogens with one attached hydrogen (secondary N) is 1. The number of hydrogen-bond donors (Lipinski definition) is 2. The minimum Gasteiger partial charge on any atom is -0.328 e. The number of alkyl halides is 3. The fraction of sp³-hybridized carbons (Fsp3) is 0.316. The predicted molar refractivity (Wildman–Crippen MR) is 91.1 cm³/mol. The van der Waals surface area contributed by atoms with Crippen molar-refractivity contribution in [2.45, 2.75) is 38.6 Å². The summed E-state index contributed by atoms with van der Waals surface area (Å²) in [6.45, 7) is 1.76. The van der Waals surface area contributed by atoms with Crippen LogP contribution in [0.25, 0.3) is 11.1 Å². The normalized spacial score (nSPS) is 12.7. The van der Waals surface area contributed by atoms with Gasteiger partial charge in [-0.15, -0.1) is 0 Å². The number of carbonyl (C=O) groups excluding carboxylic acids is 1. The average Bonchev–Trinajstić information content (AvgIpc) is 2.64. The van der Waals surface area contributed by atoms with Crippen molar-refractivity contribution >= 4 is 5.91 Å². The zero-order valence-corrected chi connectivity index (χ0v) is 14.2. The molecular weight excluding hydrogens is 347 g/mol.